The maximum Gasteiger partial charge on any atom is 0.291 e. The Morgan fingerprint density at radius 2 is 1.95 bits per heavy atom. The Hall–Kier alpha value is -4.71. The molecule has 1 N–H and O–H groups in total. The number of anilines is 1. The van der Waals surface area contributed by atoms with E-state index in [2.05, 4.69) is 47.9 Å². The lowest BCUT2D eigenvalue weighted by Gasteiger charge is -2.32. The topological polar surface area (TPSA) is 109 Å². The van der Waals surface area contributed by atoms with Gasteiger partial charge in [0.1, 0.15) is 24.2 Å². The zero-order chi connectivity index (χ0) is 28.8. The zero-order valence-corrected chi connectivity index (χ0v) is 23.2. The lowest BCUT2D eigenvalue weighted by atomic mass is 10.1. The second kappa shape index (κ2) is 12.6. The molecule has 0 unspecified atom stereocenters. The summed E-state index contributed by atoms with van der Waals surface area (Å²) in [5, 5.41) is 7.02. The summed E-state index contributed by atoms with van der Waals surface area (Å²) in [5.41, 5.74) is 2.29. The van der Waals surface area contributed by atoms with Crippen LogP contribution >= 0.6 is 0 Å². The van der Waals surface area contributed by atoms with Crippen LogP contribution in [-0.4, -0.2) is 99.8 Å². The van der Waals surface area contributed by atoms with E-state index in [1.165, 1.54) is 11.2 Å². The standard InChI is InChI=1S/C30H32N8O3/c1-4-12-36-14-16-37(17-15-36)13-6-8-23-9-10-26-25(18-23)35(3)30(40)27(22(2)41-26)33-29(39)28-32-21-38(34-28)20-24-7-5-11-31-19-24/h1,5,7,9-11,18-19,21-22,27H,12-17,20H2,2-3H3,(H,33,39)/t22-,27+/m1/s1. The summed E-state index contributed by atoms with van der Waals surface area (Å²) in [6, 6.07) is 8.32. The molecule has 0 spiro atoms. The summed E-state index contributed by atoms with van der Waals surface area (Å²) in [6.07, 6.45) is 9.67. The number of piperazine rings is 1. The van der Waals surface area contributed by atoms with Gasteiger partial charge < -0.3 is 15.0 Å². The van der Waals surface area contributed by atoms with Crippen LogP contribution in [0.2, 0.25) is 0 Å². The van der Waals surface area contributed by atoms with Gasteiger partial charge in [-0.15, -0.1) is 11.5 Å². The van der Waals surface area contributed by atoms with Crippen molar-refractivity contribution in [3.05, 3.63) is 66.0 Å². The lowest BCUT2D eigenvalue weighted by molar-refractivity contribution is -0.121. The number of terminal acetylenes is 1. The van der Waals surface area contributed by atoms with E-state index in [9.17, 15) is 9.59 Å². The molecule has 5 rings (SSSR count). The number of aromatic nitrogens is 4. The van der Waals surface area contributed by atoms with Crippen molar-refractivity contribution in [2.75, 3.05) is 51.2 Å². The number of carbonyl (C=O) groups excluding carboxylic acids is 2. The summed E-state index contributed by atoms with van der Waals surface area (Å²) in [4.78, 5) is 40.7. The minimum absolute atomic E-state index is 0.0340. The molecule has 41 heavy (non-hydrogen) atoms. The Bertz CT molecular complexity index is 1500. The van der Waals surface area contributed by atoms with Crippen LogP contribution in [0, 0.1) is 24.2 Å². The predicted molar refractivity (Wildman–Crippen MR) is 153 cm³/mol. The molecule has 11 nitrogen and oxygen atoms in total. The number of hydrogen-bond donors (Lipinski definition) is 1. The lowest BCUT2D eigenvalue weighted by Crippen LogP contribution is -2.53. The van der Waals surface area contributed by atoms with Gasteiger partial charge in [0.2, 0.25) is 5.82 Å². The fourth-order valence-corrected chi connectivity index (χ4v) is 4.78. The van der Waals surface area contributed by atoms with E-state index >= 15 is 0 Å². The predicted octanol–water partition coefficient (Wildman–Crippen LogP) is 0.866. The molecule has 2 amide bonds. The van der Waals surface area contributed by atoms with E-state index in [0.717, 1.165) is 37.3 Å². The van der Waals surface area contributed by atoms with Crippen LogP contribution in [0.5, 0.6) is 5.75 Å². The summed E-state index contributed by atoms with van der Waals surface area (Å²) in [5.74, 6) is 8.78. The van der Waals surface area contributed by atoms with Gasteiger partial charge in [0.25, 0.3) is 11.8 Å². The molecule has 2 atom stereocenters. The highest BCUT2D eigenvalue weighted by Crippen LogP contribution is 2.33. The zero-order valence-electron chi connectivity index (χ0n) is 23.2. The van der Waals surface area contributed by atoms with Gasteiger partial charge in [-0.3, -0.25) is 24.4 Å². The molecule has 2 aliphatic heterocycles. The minimum atomic E-state index is -0.937. The minimum Gasteiger partial charge on any atom is -0.486 e. The van der Waals surface area contributed by atoms with Gasteiger partial charge in [-0.2, -0.15) is 0 Å². The molecule has 1 aromatic carbocycles. The molecule has 0 radical (unpaired) electrons. The number of nitrogens with one attached hydrogen (secondary N) is 1. The highest BCUT2D eigenvalue weighted by molar-refractivity contribution is 6.02. The first-order valence-electron chi connectivity index (χ1n) is 13.5. The number of likely N-dealkylation sites (N-methyl/N-ethyl adjacent to an activating group) is 1. The van der Waals surface area contributed by atoms with Gasteiger partial charge in [0.15, 0.2) is 0 Å². The second-order valence-electron chi connectivity index (χ2n) is 10.0. The Kier molecular flexibility index (Phi) is 8.59. The molecule has 2 aliphatic rings. The number of hydrogen-bond acceptors (Lipinski definition) is 8. The maximum absolute atomic E-state index is 13.5. The third kappa shape index (κ3) is 6.72. The Morgan fingerprint density at radius 1 is 1.17 bits per heavy atom. The van der Waals surface area contributed by atoms with Crippen molar-refractivity contribution in [3.63, 3.8) is 0 Å². The Balaban J connectivity index is 1.22. The van der Waals surface area contributed by atoms with Crippen molar-refractivity contribution in [1.29, 1.82) is 0 Å². The fourth-order valence-electron chi connectivity index (χ4n) is 4.78. The molecule has 11 heteroatoms. The molecule has 4 heterocycles. The van der Waals surface area contributed by atoms with Crippen molar-refractivity contribution in [3.8, 4) is 29.9 Å². The van der Waals surface area contributed by atoms with Crippen LogP contribution in [0.3, 0.4) is 0 Å². The average Bonchev–Trinajstić information content (AvgIpc) is 3.43. The molecule has 1 saturated heterocycles. The first kappa shape index (κ1) is 27.8. The Labute approximate surface area is 239 Å². The number of rotatable bonds is 6. The van der Waals surface area contributed by atoms with Crippen LogP contribution in [0.4, 0.5) is 5.69 Å². The molecule has 0 bridgehead atoms. The van der Waals surface area contributed by atoms with E-state index in [-0.39, 0.29) is 11.7 Å². The first-order chi connectivity index (χ1) is 19.9. The molecular weight excluding hydrogens is 520 g/mol. The van der Waals surface area contributed by atoms with Crippen LogP contribution in [0.25, 0.3) is 0 Å². The van der Waals surface area contributed by atoms with Crippen molar-refractivity contribution in [2.45, 2.75) is 25.6 Å². The van der Waals surface area contributed by atoms with Gasteiger partial charge in [0.05, 0.1) is 25.3 Å². The number of carbonyl (C=O) groups is 2. The highest BCUT2D eigenvalue weighted by atomic mass is 16.5. The quantitative estimate of drug-likeness (QED) is 0.449. The molecule has 2 aromatic heterocycles. The first-order valence-corrected chi connectivity index (χ1v) is 13.5. The highest BCUT2D eigenvalue weighted by Gasteiger charge is 2.36. The SMILES string of the molecule is C#CCN1CCN(CC#Cc2ccc3c(c2)N(C)C(=O)[C@@H](NC(=O)c2ncn(Cc4cccnc4)n2)[C@@H](C)O3)CC1. The van der Waals surface area contributed by atoms with Crippen LogP contribution in [-0.2, 0) is 11.3 Å². The second-order valence-corrected chi connectivity index (χ2v) is 10.0. The van der Waals surface area contributed by atoms with Crippen LogP contribution in [0.15, 0.2) is 49.1 Å². The summed E-state index contributed by atoms with van der Waals surface area (Å²) < 4.78 is 7.66. The van der Waals surface area contributed by atoms with Crippen molar-refractivity contribution in [2.24, 2.45) is 0 Å². The number of nitrogens with zero attached hydrogens (tertiary/aromatic N) is 7. The van der Waals surface area contributed by atoms with E-state index in [0.29, 0.717) is 31.1 Å². The van der Waals surface area contributed by atoms with Gasteiger partial charge in [-0.1, -0.05) is 23.8 Å². The number of fused-ring (bicyclic) bond motifs is 1. The van der Waals surface area contributed by atoms with Crippen LogP contribution < -0.4 is 15.0 Å². The van der Waals surface area contributed by atoms with E-state index in [4.69, 9.17) is 11.2 Å². The van der Waals surface area contributed by atoms with Crippen molar-refractivity contribution >= 4 is 17.5 Å². The number of pyridine rings is 1. The smallest absolute Gasteiger partial charge is 0.291 e. The maximum atomic E-state index is 13.5. The molecule has 0 aliphatic carbocycles. The molecule has 210 valence electrons. The summed E-state index contributed by atoms with van der Waals surface area (Å²) >= 11 is 0. The van der Waals surface area contributed by atoms with E-state index in [1.54, 1.807) is 31.0 Å². The molecule has 1 fully saturated rings. The molecule has 3 aromatic rings. The van der Waals surface area contributed by atoms with Gasteiger partial charge in [-0.25, -0.2) is 9.67 Å². The Morgan fingerprint density at radius 3 is 2.68 bits per heavy atom. The monoisotopic (exact) mass is 552 g/mol. The third-order valence-corrected chi connectivity index (χ3v) is 7.11. The molecular formula is C30H32N8O3. The number of amides is 2. The number of benzene rings is 1. The van der Waals surface area contributed by atoms with E-state index < -0.39 is 18.1 Å². The summed E-state index contributed by atoms with van der Waals surface area (Å²) in [6.45, 7) is 7.24. The largest absolute Gasteiger partial charge is 0.486 e. The normalized spacial score (nSPS) is 19.2. The molecule has 0 saturated carbocycles. The fraction of sp³-hybridized carbons (Fsp3) is 0.367. The van der Waals surface area contributed by atoms with Crippen LogP contribution in [0.1, 0.15) is 28.7 Å². The third-order valence-electron chi connectivity index (χ3n) is 7.11. The van der Waals surface area contributed by atoms with Crippen molar-refractivity contribution < 1.29 is 14.3 Å². The van der Waals surface area contributed by atoms with Gasteiger partial charge in [-0.05, 0) is 36.8 Å². The summed E-state index contributed by atoms with van der Waals surface area (Å²) in [7, 11) is 1.66. The van der Waals surface area contributed by atoms with Gasteiger partial charge in [0, 0.05) is 51.2 Å². The average molecular weight is 553 g/mol. The van der Waals surface area contributed by atoms with Crippen molar-refractivity contribution in [1.82, 2.24) is 34.9 Å². The van der Waals surface area contributed by atoms with E-state index in [1.807, 2.05) is 30.3 Å². The number of ether oxygens (including phenoxy) is 1. The van der Waals surface area contributed by atoms with Gasteiger partial charge >= 0.3 is 0 Å².